The molecule has 0 amide bonds. The molecule has 0 fully saturated rings. The van der Waals surface area contributed by atoms with Crippen LogP contribution in [-0.2, 0) is 0 Å². The normalized spacial score (nSPS) is 13.0. The Morgan fingerprint density at radius 3 is 0.333 bits per heavy atom. The zero-order chi connectivity index (χ0) is 30.8. The van der Waals surface area contributed by atoms with Crippen molar-refractivity contribution in [3.05, 3.63) is 146 Å². The van der Waals surface area contributed by atoms with Gasteiger partial charge in [-0.2, -0.15) is 0 Å². The molecule has 0 saturated heterocycles. The average Bonchev–Trinajstić information content (AvgIpc) is 3.13. The Labute approximate surface area is 274 Å². The summed E-state index contributed by atoms with van der Waals surface area (Å²) in [6.07, 6.45) is 0. The minimum Gasteiger partial charge on any atom is -0.0537 e. The molecular formula is C48H24. The summed E-state index contributed by atoms with van der Waals surface area (Å²) in [5.74, 6) is 0. The van der Waals surface area contributed by atoms with Crippen molar-refractivity contribution < 1.29 is 0 Å². The molecule has 0 heterocycles. The van der Waals surface area contributed by atoms with Crippen molar-refractivity contribution >= 4 is 129 Å². The van der Waals surface area contributed by atoms with Gasteiger partial charge >= 0.3 is 0 Å². The highest BCUT2D eigenvalue weighted by Crippen LogP contribution is 2.42. The summed E-state index contributed by atoms with van der Waals surface area (Å²) in [5, 5.41) is 31.2. The number of hydrogen-bond donors (Lipinski definition) is 0. The second-order valence-corrected chi connectivity index (χ2v) is 14.2. The van der Waals surface area contributed by atoms with Crippen molar-refractivity contribution in [3.63, 3.8) is 0 Å². The fraction of sp³-hybridized carbons (Fsp3) is 0. The number of rotatable bonds is 0. The van der Waals surface area contributed by atoms with Crippen molar-refractivity contribution in [1.82, 2.24) is 0 Å². The van der Waals surface area contributed by atoms with Gasteiger partial charge in [-0.25, -0.2) is 0 Å². The fourth-order valence-corrected chi connectivity index (χ4v) is 9.34. The SMILES string of the molecule is c1cc2cc3ccc4cc5ccc6cc7ccc8cc9ccc%10cc%11ccc%12cc1c1cc%12c%11cc%10c9cc8c7cc6c5cc4c3cc21. The van der Waals surface area contributed by atoms with E-state index in [0.29, 0.717) is 0 Å². The minimum atomic E-state index is 1.29. The van der Waals surface area contributed by atoms with E-state index < -0.39 is 0 Å². The summed E-state index contributed by atoms with van der Waals surface area (Å²) in [6.45, 7) is 0. The molecule has 13 rings (SSSR count). The first kappa shape index (κ1) is 24.0. The molecule has 0 aliphatic heterocycles. The third-order valence-corrected chi connectivity index (χ3v) is 11.7. The van der Waals surface area contributed by atoms with Gasteiger partial charge < -0.3 is 0 Å². The van der Waals surface area contributed by atoms with E-state index in [9.17, 15) is 0 Å². The lowest BCUT2D eigenvalue weighted by molar-refractivity contribution is 1.80. The molecule has 0 saturated carbocycles. The number of hydrogen-bond acceptors (Lipinski definition) is 0. The molecule has 0 nitrogen and oxygen atoms in total. The smallest absolute Gasteiger partial charge is 0.00986 e. The molecule has 0 spiro atoms. The van der Waals surface area contributed by atoms with Crippen molar-refractivity contribution in [2.75, 3.05) is 0 Å². The van der Waals surface area contributed by atoms with Gasteiger partial charge in [0.1, 0.15) is 0 Å². The molecule has 12 bridgehead atoms. The van der Waals surface area contributed by atoms with Crippen LogP contribution in [0.1, 0.15) is 0 Å². The highest BCUT2D eigenvalue weighted by molar-refractivity contribution is 6.27. The van der Waals surface area contributed by atoms with Crippen LogP contribution < -0.4 is 0 Å². The van der Waals surface area contributed by atoms with E-state index in [2.05, 4.69) is 146 Å². The predicted molar refractivity (Wildman–Crippen MR) is 210 cm³/mol. The molecule has 0 aliphatic carbocycles. The van der Waals surface area contributed by atoms with Gasteiger partial charge in [-0.1, -0.05) is 72.8 Å². The van der Waals surface area contributed by atoms with E-state index in [-0.39, 0.29) is 0 Å². The maximum atomic E-state index is 2.47. The van der Waals surface area contributed by atoms with Gasteiger partial charge in [0.15, 0.2) is 0 Å². The standard InChI is InChI=1S/C48H24/c1-2-26-14-28-5-6-30-16-32-9-10-34-18-36-12-11-35-17-33-8-7-31-15-29-4-3-27-13-25(1)37-19-39(27)41(29)21-43(31)45(33)23-47(35)48(36)24-46(34)44(32)22-42(30)40(28)20-38(26)37/h1-24H. The Balaban J connectivity index is 1.36. The second-order valence-electron chi connectivity index (χ2n) is 14.2. The Bertz CT molecular complexity index is 2720. The van der Waals surface area contributed by atoms with Crippen LogP contribution in [0, 0.1) is 0 Å². The van der Waals surface area contributed by atoms with Crippen molar-refractivity contribution in [3.8, 4) is 0 Å². The molecule has 216 valence electrons. The monoisotopic (exact) mass is 600 g/mol. The molecule has 0 aliphatic rings. The second kappa shape index (κ2) is 8.00. The summed E-state index contributed by atoms with van der Waals surface area (Å²) >= 11 is 0. The quantitative estimate of drug-likeness (QED) is 0.120. The Morgan fingerprint density at radius 1 is 0.125 bits per heavy atom. The van der Waals surface area contributed by atoms with Crippen LogP contribution >= 0.6 is 0 Å². The lowest BCUT2D eigenvalue weighted by Gasteiger charge is -2.14. The molecule has 0 aromatic heterocycles. The van der Waals surface area contributed by atoms with Gasteiger partial charge in [-0.15, -0.1) is 0 Å². The van der Waals surface area contributed by atoms with E-state index in [1.807, 2.05) is 0 Å². The zero-order valence-corrected chi connectivity index (χ0v) is 25.9. The highest BCUT2D eigenvalue weighted by Gasteiger charge is 2.14. The van der Waals surface area contributed by atoms with Gasteiger partial charge in [-0.05, 0) is 202 Å². The van der Waals surface area contributed by atoms with E-state index in [0.717, 1.165) is 0 Å². The molecule has 0 unspecified atom stereocenters. The third kappa shape index (κ3) is 2.89. The highest BCUT2D eigenvalue weighted by atomic mass is 14.2. The largest absolute Gasteiger partial charge is 0.0537 e. The lowest BCUT2D eigenvalue weighted by atomic mass is 9.89. The molecule has 0 radical (unpaired) electrons. The molecule has 0 N–H and O–H groups in total. The van der Waals surface area contributed by atoms with Crippen LogP contribution in [0.4, 0.5) is 0 Å². The predicted octanol–water partition coefficient (Wildman–Crippen LogP) is 13.8. The van der Waals surface area contributed by atoms with E-state index in [1.165, 1.54) is 129 Å². The van der Waals surface area contributed by atoms with Gasteiger partial charge in [0, 0.05) is 0 Å². The summed E-state index contributed by atoms with van der Waals surface area (Å²) in [4.78, 5) is 0. The lowest BCUT2D eigenvalue weighted by Crippen LogP contribution is -1.87. The van der Waals surface area contributed by atoms with Crippen LogP contribution in [-0.4, -0.2) is 0 Å². The summed E-state index contributed by atoms with van der Waals surface area (Å²) in [6, 6.07) is 56.8. The molecule has 13 aromatic carbocycles. The molecule has 13 aromatic rings. The fourth-order valence-electron chi connectivity index (χ4n) is 9.34. The van der Waals surface area contributed by atoms with Crippen LogP contribution in [0.2, 0.25) is 0 Å². The minimum absolute atomic E-state index is 1.29. The summed E-state index contributed by atoms with van der Waals surface area (Å²) in [7, 11) is 0. The van der Waals surface area contributed by atoms with Gasteiger partial charge in [0.2, 0.25) is 0 Å². The first-order chi connectivity index (χ1) is 23.7. The van der Waals surface area contributed by atoms with E-state index >= 15 is 0 Å². The average molecular weight is 601 g/mol. The molecule has 0 atom stereocenters. The van der Waals surface area contributed by atoms with Crippen molar-refractivity contribution in [2.24, 2.45) is 0 Å². The summed E-state index contributed by atoms with van der Waals surface area (Å²) < 4.78 is 0. The van der Waals surface area contributed by atoms with Gasteiger partial charge in [0.05, 0.1) is 0 Å². The third-order valence-electron chi connectivity index (χ3n) is 11.7. The topological polar surface area (TPSA) is 0 Å². The van der Waals surface area contributed by atoms with Crippen LogP contribution in [0.25, 0.3) is 129 Å². The maximum absolute atomic E-state index is 2.47. The first-order valence-electron chi connectivity index (χ1n) is 16.9. The van der Waals surface area contributed by atoms with Crippen molar-refractivity contribution in [1.29, 1.82) is 0 Å². The van der Waals surface area contributed by atoms with Gasteiger partial charge in [-0.3, -0.25) is 0 Å². The molecule has 48 heavy (non-hydrogen) atoms. The van der Waals surface area contributed by atoms with Crippen LogP contribution in [0.5, 0.6) is 0 Å². The maximum Gasteiger partial charge on any atom is -0.00986 e. The zero-order valence-electron chi connectivity index (χ0n) is 25.9. The molecule has 0 heteroatoms. The Kier molecular flexibility index (Phi) is 4.00. The number of benzene rings is 12. The first-order valence-corrected chi connectivity index (χ1v) is 16.9. The van der Waals surface area contributed by atoms with Crippen LogP contribution in [0.15, 0.2) is 146 Å². The Morgan fingerprint density at radius 2 is 0.229 bits per heavy atom. The summed E-state index contributed by atoms with van der Waals surface area (Å²) in [5.41, 5.74) is 0. The van der Waals surface area contributed by atoms with E-state index in [1.54, 1.807) is 0 Å². The van der Waals surface area contributed by atoms with Crippen LogP contribution in [0.3, 0.4) is 0 Å². The van der Waals surface area contributed by atoms with Crippen molar-refractivity contribution in [2.45, 2.75) is 0 Å². The van der Waals surface area contributed by atoms with E-state index in [4.69, 9.17) is 0 Å². The molecular weight excluding hydrogens is 577 g/mol. The van der Waals surface area contributed by atoms with Gasteiger partial charge in [0.25, 0.3) is 0 Å². The Hall–Kier alpha value is -6.24.